The predicted molar refractivity (Wildman–Crippen MR) is 143 cm³/mol. The van der Waals surface area contributed by atoms with Gasteiger partial charge in [-0.05, 0) is 41.6 Å². The molecule has 1 saturated heterocycles. The standard InChI is InChI=1S/C27H28N5.3ClH/c1-3-8-20(9-4-1)22-18-24-25(21-10-7-11-21)29-27(31-16-14-28-15-17-31)30-26(24)32(19-22)23-12-5-2-6-13-23;;;/h1-6,8-9,12-13,18-19,21,28H,7,10-11,14-17H2;3*1H/q+1;;;/p-1. The molecule has 1 aliphatic carbocycles. The Morgan fingerprint density at radius 1 is 0.829 bits per heavy atom. The minimum absolute atomic E-state index is 0. The van der Waals surface area contributed by atoms with E-state index in [2.05, 4.69) is 87.7 Å². The molecule has 0 atom stereocenters. The molecular weight excluding hydrogens is 501 g/mol. The van der Waals surface area contributed by atoms with Gasteiger partial charge in [-0.1, -0.05) is 55.0 Å². The van der Waals surface area contributed by atoms with Crippen LogP contribution in [0.2, 0.25) is 0 Å². The number of halogens is 3. The topological polar surface area (TPSA) is 44.9 Å². The highest BCUT2D eigenvalue weighted by Gasteiger charge is 2.31. The highest BCUT2D eigenvalue weighted by atomic mass is 35.5. The molecule has 184 valence electrons. The van der Waals surface area contributed by atoms with Crippen molar-refractivity contribution in [3.8, 4) is 16.8 Å². The van der Waals surface area contributed by atoms with Crippen LogP contribution >= 0.6 is 24.8 Å². The van der Waals surface area contributed by atoms with Crippen molar-refractivity contribution < 1.29 is 17.0 Å². The van der Waals surface area contributed by atoms with Crippen molar-refractivity contribution in [1.29, 1.82) is 0 Å². The average Bonchev–Trinajstić information content (AvgIpc) is 2.84. The van der Waals surface area contributed by atoms with E-state index in [0.717, 1.165) is 43.5 Å². The largest absolute Gasteiger partial charge is 1.00 e. The molecule has 0 unspecified atom stereocenters. The third-order valence-corrected chi connectivity index (χ3v) is 6.77. The third-order valence-electron chi connectivity index (χ3n) is 6.77. The number of nitrogens with zero attached hydrogens (tertiary/aromatic N) is 4. The van der Waals surface area contributed by atoms with E-state index in [4.69, 9.17) is 9.97 Å². The van der Waals surface area contributed by atoms with E-state index in [9.17, 15) is 0 Å². The van der Waals surface area contributed by atoms with Crippen molar-refractivity contribution in [3.05, 3.63) is 78.6 Å². The Hall–Kier alpha value is -2.44. The van der Waals surface area contributed by atoms with E-state index in [1.807, 2.05) is 0 Å². The molecule has 1 aliphatic heterocycles. The monoisotopic (exact) mass is 529 g/mol. The predicted octanol–water partition coefficient (Wildman–Crippen LogP) is 2.10. The molecule has 0 amide bonds. The Morgan fingerprint density at radius 3 is 2.11 bits per heavy atom. The fraction of sp³-hybridized carbons (Fsp3) is 0.296. The van der Waals surface area contributed by atoms with Crippen LogP contribution in [0.4, 0.5) is 5.95 Å². The molecule has 2 fully saturated rings. The lowest BCUT2D eigenvalue weighted by atomic mass is 9.81. The van der Waals surface area contributed by atoms with Crippen LogP contribution in [0.25, 0.3) is 27.8 Å². The molecule has 6 rings (SSSR count). The molecule has 0 bridgehead atoms. The van der Waals surface area contributed by atoms with Gasteiger partial charge in [-0.2, -0.15) is 9.55 Å². The van der Waals surface area contributed by atoms with Gasteiger partial charge in [-0.15, -0.1) is 24.8 Å². The molecule has 35 heavy (non-hydrogen) atoms. The van der Waals surface area contributed by atoms with Crippen molar-refractivity contribution in [2.45, 2.75) is 25.2 Å². The van der Waals surface area contributed by atoms with E-state index >= 15 is 0 Å². The summed E-state index contributed by atoms with van der Waals surface area (Å²) in [6.07, 6.45) is 5.95. The number of benzene rings is 2. The summed E-state index contributed by atoms with van der Waals surface area (Å²) < 4.78 is 2.26. The number of pyridine rings is 1. The molecular formula is C27H30Cl3N5. The van der Waals surface area contributed by atoms with Gasteiger partial charge in [0.1, 0.15) is 11.9 Å². The zero-order chi connectivity index (χ0) is 21.3. The minimum Gasteiger partial charge on any atom is -1.00 e. The number of rotatable bonds is 4. The molecule has 8 heteroatoms. The van der Waals surface area contributed by atoms with Crippen LogP contribution in [0.3, 0.4) is 0 Å². The first kappa shape index (κ1) is 27.2. The fourth-order valence-electron chi connectivity index (χ4n) is 4.75. The second kappa shape index (κ2) is 12.0. The highest BCUT2D eigenvalue weighted by Crippen LogP contribution is 2.39. The molecule has 5 nitrogen and oxygen atoms in total. The van der Waals surface area contributed by atoms with Crippen LogP contribution < -0.4 is 27.2 Å². The molecule has 2 aromatic carbocycles. The Labute approximate surface area is 225 Å². The molecule has 0 radical (unpaired) electrons. The van der Waals surface area contributed by atoms with Crippen LogP contribution in [0.1, 0.15) is 30.9 Å². The van der Waals surface area contributed by atoms with Gasteiger partial charge >= 0.3 is 11.6 Å². The van der Waals surface area contributed by atoms with Crippen LogP contribution in [0.15, 0.2) is 72.9 Å². The number of nitrogens with one attached hydrogen (secondary N) is 1. The lowest BCUT2D eigenvalue weighted by molar-refractivity contribution is -0.568. The third kappa shape index (κ3) is 5.39. The van der Waals surface area contributed by atoms with Crippen LogP contribution in [-0.2, 0) is 0 Å². The van der Waals surface area contributed by atoms with E-state index in [-0.39, 0.29) is 37.2 Å². The van der Waals surface area contributed by atoms with Gasteiger partial charge < -0.3 is 22.6 Å². The van der Waals surface area contributed by atoms with Crippen molar-refractivity contribution >= 4 is 41.8 Å². The van der Waals surface area contributed by atoms with Crippen molar-refractivity contribution in [3.63, 3.8) is 0 Å². The Balaban J connectivity index is 0.00000114. The summed E-state index contributed by atoms with van der Waals surface area (Å²) in [5.41, 5.74) is 5.75. The average molecular weight is 531 g/mol. The molecule has 4 aromatic rings. The minimum atomic E-state index is 0. The van der Waals surface area contributed by atoms with Crippen molar-refractivity contribution in [2.75, 3.05) is 31.1 Å². The van der Waals surface area contributed by atoms with Crippen LogP contribution in [-0.4, -0.2) is 36.1 Å². The Bertz CT molecular complexity index is 1240. The van der Waals surface area contributed by atoms with E-state index in [1.165, 1.54) is 41.5 Å². The number of para-hydroxylation sites is 1. The molecule has 3 heterocycles. The number of fused-ring (bicyclic) bond motifs is 1. The first-order valence-electron chi connectivity index (χ1n) is 11.7. The zero-order valence-corrected chi connectivity index (χ0v) is 21.8. The summed E-state index contributed by atoms with van der Waals surface area (Å²) in [4.78, 5) is 12.7. The Morgan fingerprint density at radius 2 is 1.49 bits per heavy atom. The van der Waals surface area contributed by atoms with Crippen LogP contribution in [0.5, 0.6) is 0 Å². The quantitative estimate of drug-likeness (QED) is 0.411. The summed E-state index contributed by atoms with van der Waals surface area (Å²) in [5, 5.41) is 4.62. The molecule has 1 saturated carbocycles. The lowest BCUT2D eigenvalue weighted by Crippen LogP contribution is -3.00. The van der Waals surface area contributed by atoms with Gasteiger partial charge in [0.25, 0.3) is 0 Å². The highest BCUT2D eigenvalue weighted by molar-refractivity contribution is 5.85. The smallest absolute Gasteiger partial charge is 0.341 e. The van der Waals surface area contributed by atoms with Gasteiger partial charge in [0.05, 0.1) is 11.1 Å². The summed E-state index contributed by atoms with van der Waals surface area (Å²) >= 11 is 0. The number of hydrogen-bond acceptors (Lipinski definition) is 4. The molecule has 1 N–H and O–H groups in total. The maximum atomic E-state index is 5.19. The number of anilines is 1. The number of piperazine rings is 1. The van der Waals surface area contributed by atoms with Gasteiger partial charge in [-0.25, -0.2) is 0 Å². The summed E-state index contributed by atoms with van der Waals surface area (Å²) in [6, 6.07) is 23.5. The molecule has 0 spiro atoms. The van der Waals surface area contributed by atoms with E-state index in [0.29, 0.717) is 5.92 Å². The fourth-order valence-corrected chi connectivity index (χ4v) is 4.75. The first-order valence-corrected chi connectivity index (χ1v) is 11.7. The second-order valence-electron chi connectivity index (χ2n) is 8.81. The SMILES string of the molecule is Cl.Cl.[Cl-].c1ccc(-c2cc3c(C4CCC4)nc(N4CCNCC4)nc3[n+](-c3ccccc3)c2)cc1. The van der Waals surface area contributed by atoms with Gasteiger partial charge in [0.2, 0.25) is 0 Å². The molecule has 2 aliphatic rings. The lowest BCUT2D eigenvalue weighted by Gasteiger charge is -2.28. The molecule has 2 aromatic heterocycles. The van der Waals surface area contributed by atoms with Gasteiger partial charge in [0, 0.05) is 37.7 Å². The van der Waals surface area contributed by atoms with Crippen molar-refractivity contribution in [1.82, 2.24) is 15.3 Å². The summed E-state index contributed by atoms with van der Waals surface area (Å²) in [6.45, 7) is 3.85. The van der Waals surface area contributed by atoms with Gasteiger partial charge in [0.15, 0.2) is 0 Å². The van der Waals surface area contributed by atoms with Gasteiger partial charge in [-0.3, -0.25) is 0 Å². The van der Waals surface area contributed by atoms with Crippen LogP contribution in [0, 0.1) is 0 Å². The Kier molecular flexibility index (Phi) is 9.31. The number of hydrogen-bond donors (Lipinski definition) is 1. The number of aromatic nitrogens is 3. The zero-order valence-electron chi connectivity index (χ0n) is 19.4. The first-order chi connectivity index (χ1) is 15.9. The maximum Gasteiger partial charge on any atom is 0.341 e. The van der Waals surface area contributed by atoms with E-state index in [1.54, 1.807) is 0 Å². The van der Waals surface area contributed by atoms with Crippen molar-refractivity contribution in [2.24, 2.45) is 0 Å². The second-order valence-corrected chi connectivity index (χ2v) is 8.81. The maximum absolute atomic E-state index is 5.19. The summed E-state index contributed by atoms with van der Waals surface area (Å²) in [7, 11) is 0. The van der Waals surface area contributed by atoms with E-state index < -0.39 is 0 Å². The summed E-state index contributed by atoms with van der Waals surface area (Å²) in [5.74, 6) is 1.40. The normalized spacial score (nSPS) is 15.4.